The second-order valence-corrected chi connectivity index (χ2v) is 14.2. The van der Waals surface area contributed by atoms with Gasteiger partial charge < -0.3 is 10.2 Å². The van der Waals surface area contributed by atoms with Crippen LogP contribution in [-0.2, 0) is 32.6 Å². The van der Waals surface area contributed by atoms with Gasteiger partial charge in [-0.15, -0.1) is 0 Å². The van der Waals surface area contributed by atoms with Crippen LogP contribution in [0.4, 0.5) is 5.69 Å². The largest absolute Gasteiger partial charge is 0.350 e. The molecule has 226 valence electrons. The number of halogens is 1. The zero-order valence-corrected chi connectivity index (χ0v) is 26.9. The molecule has 0 fully saturated rings. The van der Waals surface area contributed by atoms with Crippen molar-refractivity contribution in [1.82, 2.24) is 10.2 Å². The number of anilines is 1. The summed E-state index contributed by atoms with van der Waals surface area (Å²) in [5.41, 5.74) is 3.76. The minimum absolute atomic E-state index is 0.0680. The molecule has 0 aliphatic heterocycles. The van der Waals surface area contributed by atoms with E-state index in [4.69, 9.17) is 11.6 Å². The number of nitrogens with one attached hydrogen (secondary N) is 1. The van der Waals surface area contributed by atoms with E-state index in [9.17, 15) is 18.0 Å². The lowest BCUT2D eigenvalue weighted by atomic mass is 10.00. The van der Waals surface area contributed by atoms with Crippen LogP contribution in [-0.4, -0.2) is 49.5 Å². The highest BCUT2D eigenvalue weighted by atomic mass is 35.5. The van der Waals surface area contributed by atoms with Crippen molar-refractivity contribution < 1.29 is 18.0 Å². The van der Waals surface area contributed by atoms with Crippen LogP contribution in [0.2, 0.25) is 5.02 Å². The minimum Gasteiger partial charge on any atom is -0.350 e. The molecule has 0 spiro atoms. The SMILES string of the molecule is Cc1cc(C)cc(N(CCCC(=O)N(Cc2ccc(Cl)cc2)C(Cc2ccccc2)C(=O)NC(C)(C)C)S(C)(=O)=O)c1. The van der Waals surface area contributed by atoms with Gasteiger partial charge in [0.2, 0.25) is 21.8 Å². The Hall–Kier alpha value is -3.36. The van der Waals surface area contributed by atoms with Gasteiger partial charge in [-0.05, 0) is 87.6 Å². The van der Waals surface area contributed by atoms with Gasteiger partial charge >= 0.3 is 0 Å². The van der Waals surface area contributed by atoms with E-state index in [1.807, 2.05) is 95.3 Å². The molecule has 0 aromatic heterocycles. The van der Waals surface area contributed by atoms with Gasteiger partial charge in [0.1, 0.15) is 6.04 Å². The number of benzene rings is 3. The quantitative estimate of drug-likeness (QED) is 0.270. The Kier molecular flexibility index (Phi) is 11.2. The molecule has 1 unspecified atom stereocenters. The van der Waals surface area contributed by atoms with Crippen molar-refractivity contribution in [2.24, 2.45) is 0 Å². The summed E-state index contributed by atoms with van der Waals surface area (Å²) in [6.07, 6.45) is 1.86. The third-order valence-corrected chi connectivity index (χ3v) is 8.13. The first-order chi connectivity index (χ1) is 19.6. The van der Waals surface area contributed by atoms with Crippen LogP contribution in [0.25, 0.3) is 0 Å². The van der Waals surface area contributed by atoms with Crippen molar-refractivity contribution in [3.8, 4) is 0 Å². The number of hydrogen-bond donors (Lipinski definition) is 1. The molecule has 0 saturated heterocycles. The molecule has 2 amide bonds. The van der Waals surface area contributed by atoms with Gasteiger partial charge in [-0.1, -0.05) is 60.1 Å². The Labute approximate surface area is 255 Å². The van der Waals surface area contributed by atoms with E-state index in [1.54, 1.807) is 17.0 Å². The molecule has 3 rings (SSSR count). The Balaban J connectivity index is 1.91. The Morgan fingerprint density at radius 1 is 0.905 bits per heavy atom. The van der Waals surface area contributed by atoms with Crippen molar-refractivity contribution in [2.75, 3.05) is 17.1 Å². The summed E-state index contributed by atoms with van der Waals surface area (Å²) in [7, 11) is -3.58. The summed E-state index contributed by atoms with van der Waals surface area (Å²) in [6.45, 7) is 9.90. The molecule has 7 nitrogen and oxygen atoms in total. The third kappa shape index (κ3) is 10.2. The standard InChI is InChI=1S/C33H42ClN3O4S/c1-24-19-25(2)21-29(20-24)37(42(6,40)41)18-10-13-31(38)36(23-27-14-16-28(34)17-15-27)30(32(39)35-33(3,4)5)22-26-11-8-7-9-12-26/h7-9,11-12,14-17,19-21,30H,10,13,18,22-23H2,1-6H3,(H,35,39). The van der Waals surface area contributed by atoms with Crippen LogP contribution < -0.4 is 9.62 Å². The molecular formula is C33H42ClN3O4S. The van der Waals surface area contributed by atoms with Crippen molar-refractivity contribution in [2.45, 2.75) is 72.0 Å². The second kappa shape index (κ2) is 14.2. The summed E-state index contributed by atoms with van der Waals surface area (Å²) in [6, 6.07) is 21.7. The van der Waals surface area contributed by atoms with Crippen molar-refractivity contribution >= 4 is 39.1 Å². The first kappa shape index (κ1) is 33.1. The molecule has 0 saturated carbocycles. The van der Waals surface area contributed by atoms with Gasteiger partial charge in [0.05, 0.1) is 11.9 Å². The average molecular weight is 612 g/mol. The van der Waals surface area contributed by atoms with E-state index in [1.165, 1.54) is 10.6 Å². The van der Waals surface area contributed by atoms with Gasteiger partial charge in [-0.25, -0.2) is 8.42 Å². The zero-order valence-electron chi connectivity index (χ0n) is 25.4. The number of hydrogen-bond acceptors (Lipinski definition) is 4. The molecule has 3 aromatic rings. The third-order valence-electron chi connectivity index (χ3n) is 6.68. The molecule has 0 aliphatic carbocycles. The number of sulfonamides is 1. The number of carbonyl (C=O) groups is 2. The number of aryl methyl sites for hydroxylation is 2. The molecule has 3 aromatic carbocycles. The van der Waals surface area contributed by atoms with E-state index in [2.05, 4.69) is 5.32 Å². The van der Waals surface area contributed by atoms with E-state index in [-0.39, 0.29) is 37.7 Å². The fraction of sp³-hybridized carbons (Fsp3) is 0.394. The predicted octanol–water partition coefficient (Wildman–Crippen LogP) is 6.06. The maximum Gasteiger partial charge on any atom is 0.243 e. The number of rotatable bonds is 12. The first-order valence-corrected chi connectivity index (χ1v) is 16.3. The summed E-state index contributed by atoms with van der Waals surface area (Å²) < 4.78 is 26.8. The molecular weight excluding hydrogens is 570 g/mol. The van der Waals surface area contributed by atoms with Gasteiger partial charge in [0.15, 0.2) is 0 Å². The van der Waals surface area contributed by atoms with Gasteiger partial charge in [0.25, 0.3) is 0 Å². The van der Waals surface area contributed by atoms with Gasteiger partial charge in [-0.2, -0.15) is 0 Å². The van der Waals surface area contributed by atoms with Crippen LogP contribution in [0, 0.1) is 13.8 Å². The molecule has 1 N–H and O–H groups in total. The number of nitrogens with zero attached hydrogens (tertiary/aromatic N) is 2. The van der Waals surface area contributed by atoms with E-state index >= 15 is 0 Å². The molecule has 42 heavy (non-hydrogen) atoms. The zero-order chi connectivity index (χ0) is 31.1. The Morgan fingerprint density at radius 2 is 1.50 bits per heavy atom. The molecule has 0 bridgehead atoms. The predicted molar refractivity (Wildman–Crippen MR) is 171 cm³/mol. The maximum absolute atomic E-state index is 13.9. The lowest BCUT2D eigenvalue weighted by molar-refractivity contribution is -0.142. The highest BCUT2D eigenvalue weighted by Crippen LogP contribution is 2.23. The molecule has 0 aliphatic rings. The monoisotopic (exact) mass is 611 g/mol. The van der Waals surface area contributed by atoms with Crippen molar-refractivity contribution in [3.63, 3.8) is 0 Å². The Morgan fingerprint density at radius 3 is 2.05 bits per heavy atom. The minimum atomic E-state index is -3.58. The number of carbonyl (C=O) groups excluding carboxylic acids is 2. The number of amides is 2. The van der Waals surface area contributed by atoms with Crippen LogP contribution in [0.3, 0.4) is 0 Å². The highest BCUT2D eigenvalue weighted by molar-refractivity contribution is 7.92. The van der Waals surface area contributed by atoms with Gasteiger partial charge in [0, 0.05) is 36.5 Å². The normalized spacial score (nSPS) is 12.5. The fourth-order valence-electron chi connectivity index (χ4n) is 4.89. The van der Waals surface area contributed by atoms with Crippen LogP contribution in [0.1, 0.15) is 55.9 Å². The van der Waals surface area contributed by atoms with Crippen LogP contribution in [0.15, 0.2) is 72.8 Å². The lowest BCUT2D eigenvalue weighted by Crippen LogP contribution is -2.54. The average Bonchev–Trinajstić information content (AvgIpc) is 2.88. The molecule has 0 heterocycles. The van der Waals surface area contributed by atoms with Crippen molar-refractivity contribution in [3.05, 3.63) is 100 Å². The molecule has 9 heteroatoms. The lowest BCUT2D eigenvalue weighted by Gasteiger charge is -2.34. The molecule has 1 atom stereocenters. The summed E-state index contributed by atoms with van der Waals surface area (Å²) in [4.78, 5) is 29.3. The highest BCUT2D eigenvalue weighted by Gasteiger charge is 2.32. The Bertz CT molecular complexity index is 1450. The van der Waals surface area contributed by atoms with Crippen LogP contribution in [0.5, 0.6) is 0 Å². The summed E-state index contributed by atoms with van der Waals surface area (Å²) in [5, 5.41) is 3.63. The fourth-order valence-corrected chi connectivity index (χ4v) is 5.97. The van der Waals surface area contributed by atoms with E-state index in [0.717, 1.165) is 22.3 Å². The summed E-state index contributed by atoms with van der Waals surface area (Å²) >= 11 is 6.11. The van der Waals surface area contributed by atoms with Gasteiger partial charge in [-0.3, -0.25) is 13.9 Å². The van der Waals surface area contributed by atoms with E-state index < -0.39 is 21.6 Å². The van der Waals surface area contributed by atoms with Crippen LogP contribution >= 0.6 is 11.6 Å². The van der Waals surface area contributed by atoms with Crippen molar-refractivity contribution in [1.29, 1.82) is 0 Å². The second-order valence-electron chi connectivity index (χ2n) is 11.9. The first-order valence-electron chi connectivity index (χ1n) is 14.1. The maximum atomic E-state index is 13.9. The summed E-state index contributed by atoms with van der Waals surface area (Å²) in [5.74, 6) is -0.481. The topological polar surface area (TPSA) is 86.8 Å². The molecule has 0 radical (unpaired) electrons. The smallest absolute Gasteiger partial charge is 0.243 e. The van der Waals surface area contributed by atoms with E-state index in [0.29, 0.717) is 17.1 Å².